The standard InChI is InChI=1S/C21H22N2O4/c24-21(9-14-3-6-19-20(8-14)26-13-25-19)23-15-4-5-16(23)11-18(10-15)27-17-2-1-7-22-12-17/h1-3,6-8,12,15-16,18H,4-5,9-11,13H2. The van der Waals surface area contributed by atoms with E-state index in [0.29, 0.717) is 6.42 Å². The van der Waals surface area contributed by atoms with E-state index >= 15 is 0 Å². The Morgan fingerprint density at radius 3 is 2.74 bits per heavy atom. The van der Waals surface area contributed by atoms with Crippen molar-refractivity contribution in [2.24, 2.45) is 0 Å². The molecule has 2 saturated heterocycles. The van der Waals surface area contributed by atoms with E-state index < -0.39 is 0 Å². The van der Waals surface area contributed by atoms with Crippen molar-refractivity contribution < 1.29 is 19.0 Å². The lowest BCUT2D eigenvalue weighted by atomic mass is 9.98. The molecule has 0 aliphatic carbocycles. The number of benzene rings is 1. The number of amides is 1. The smallest absolute Gasteiger partial charge is 0.231 e. The van der Waals surface area contributed by atoms with Gasteiger partial charge in [-0.25, -0.2) is 0 Å². The predicted molar refractivity (Wildman–Crippen MR) is 97.8 cm³/mol. The first kappa shape index (κ1) is 16.4. The fraction of sp³-hybridized carbons (Fsp3) is 0.429. The van der Waals surface area contributed by atoms with E-state index in [2.05, 4.69) is 9.88 Å². The van der Waals surface area contributed by atoms with Gasteiger partial charge < -0.3 is 19.1 Å². The third-order valence-electron chi connectivity index (χ3n) is 5.71. The van der Waals surface area contributed by atoms with Gasteiger partial charge in [0.05, 0.1) is 12.6 Å². The minimum absolute atomic E-state index is 0.154. The molecule has 2 aromatic rings. The van der Waals surface area contributed by atoms with Crippen molar-refractivity contribution >= 4 is 5.91 Å². The van der Waals surface area contributed by atoms with Gasteiger partial charge in [-0.05, 0) is 42.7 Å². The van der Waals surface area contributed by atoms with Gasteiger partial charge in [-0.3, -0.25) is 9.78 Å². The van der Waals surface area contributed by atoms with E-state index in [1.54, 1.807) is 12.4 Å². The summed E-state index contributed by atoms with van der Waals surface area (Å²) in [4.78, 5) is 19.2. The summed E-state index contributed by atoms with van der Waals surface area (Å²) in [5.74, 6) is 2.48. The van der Waals surface area contributed by atoms with Gasteiger partial charge in [0.25, 0.3) is 0 Å². The molecule has 2 atom stereocenters. The molecule has 2 fully saturated rings. The first-order chi connectivity index (χ1) is 13.3. The number of hydrogen-bond donors (Lipinski definition) is 0. The maximum atomic E-state index is 13.0. The lowest BCUT2D eigenvalue weighted by Gasteiger charge is -2.39. The van der Waals surface area contributed by atoms with Crippen molar-refractivity contribution in [2.45, 2.75) is 50.3 Å². The molecule has 2 unspecified atom stereocenters. The molecule has 5 rings (SSSR count). The van der Waals surface area contributed by atoms with Gasteiger partial charge >= 0.3 is 0 Å². The number of carbonyl (C=O) groups excluding carboxylic acids is 1. The van der Waals surface area contributed by atoms with E-state index in [4.69, 9.17) is 14.2 Å². The Kier molecular flexibility index (Phi) is 4.11. The van der Waals surface area contributed by atoms with Crippen molar-refractivity contribution in [3.05, 3.63) is 48.3 Å². The van der Waals surface area contributed by atoms with Crippen LogP contribution in [0.25, 0.3) is 0 Å². The van der Waals surface area contributed by atoms with E-state index in [1.165, 1.54) is 0 Å². The van der Waals surface area contributed by atoms with Crippen LogP contribution >= 0.6 is 0 Å². The Labute approximate surface area is 158 Å². The summed E-state index contributed by atoms with van der Waals surface area (Å²) >= 11 is 0. The van der Waals surface area contributed by atoms with Crippen LogP contribution in [0.3, 0.4) is 0 Å². The monoisotopic (exact) mass is 366 g/mol. The molecule has 6 nitrogen and oxygen atoms in total. The Morgan fingerprint density at radius 1 is 1.15 bits per heavy atom. The first-order valence-electron chi connectivity index (χ1n) is 9.52. The zero-order chi connectivity index (χ0) is 18.2. The highest BCUT2D eigenvalue weighted by Crippen LogP contribution is 2.38. The van der Waals surface area contributed by atoms with E-state index in [-0.39, 0.29) is 30.9 Å². The van der Waals surface area contributed by atoms with E-state index in [0.717, 1.165) is 48.5 Å². The largest absolute Gasteiger partial charge is 0.489 e. The number of nitrogens with zero attached hydrogens (tertiary/aromatic N) is 2. The zero-order valence-corrected chi connectivity index (χ0v) is 15.0. The summed E-state index contributed by atoms with van der Waals surface area (Å²) < 4.78 is 16.9. The summed E-state index contributed by atoms with van der Waals surface area (Å²) in [7, 11) is 0. The van der Waals surface area contributed by atoms with E-state index in [1.807, 2.05) is 30.3 Å². The second kappa shape index (κ2) is 6.76. The summed E-state index contributed by atoms with van der Waals surface area (Å²) in [6.45, 7) is 0.251. The van der Waals surface area contributed by atoms with Gasteiger partial charge in [-0.15, -0.1) is 0 Å². The number of piperidine rings is 1. The molecule has 3 aliphatic rings. The summed E-state index contributed by atoms with van der Waals surface area (Å²) in [6.07, 6.45) is 7.94. The van der Waals surface area contributed by atoms with Crippen LogP contribution in [-0.4, -0.2) is 40.8 Å². The molecule has 1 amide bonds. The van der Waals surface area contributed by atoms with Crippen LogP contribution in [0.4, 0.5) is 0 Å². The molecule has 3 aliphatic heterocycles. The van der Waals surface area contributed by atoms with Gasteiger partial charge in [-0.2, -0.15) is 0 Å². The van der Waals surface area contributed by atoms with Gasteiger partial charge in [0.15, 0.2) is 11.5 Å². The van der Waals surface area contributed by atoms with Crippen molar-refractivity contribution in [3.63, 3.8) is 0 Å². The van der Waals surface area contributed by atoms with Gasteiger partial charge in [0.2, 0.25) is 12.7 Å². The molecule has 27 heavy (non-hydrogen) atoms. The lowest BCUT2D eigenvalue weighted by molar-refractivity contribution is -0.136. The third kappa shape index (κ3) is 3.20. The second-order valence-corrected chi connectivity index (χ2v) is 7.45. The topological polar surface area (TPSA) is 60.9 Å². The normalized spacial score (nSPS) is 25.5. The molecule has 0 N–H and O–H groups in total. The first-order valence-corrected chi connectivity index (χ1v) is 9.52. The quantitative estimate of drug-likeness (QED) is 0.833. The Morgan fingerprint density at radius 2 is 1.96 bits per heavy atom. The average Bonchev–Trinajstić information content (AvgIpc) is 3.24. The molecule has 6 heteroatoms. The lowest BCUT2D eigenvalue weighted by Crippen LogP contribution is -2.49. The number of hydrogen-bond acceptors (Lipinski definition) is 5. The van der Waals surface area contributed by atoms with Crippen LogP contribution < -0.4 is 14.2 Å². The minimum atomic E-state index is 0.154. The Bertz CT molecular complexity index is 827. The number of carbonyl (C=O) groups is 1. The van der Waals surface area contributed by atoms with Crippen LogP contribution in [-0.2, 0) is 11.2 Å². The average molecular weight is 366 g/mol. The molecule has 0 spiro atoms. The number of ether oxygens (including phenoxy) is 3. The van der Waals surface area contributed by atoms with Crippen molar-refractivity contribution in [2.75, 3.05) is 6.79 Å². The number of fused-ring (bicyclic) bond motifs is 3. The van der Waals surface area contributed by atoms with Crippen LogP contribution in [0.5, 0.6) is 17.2 Å². The van der Waals surface area contributed by atoms with Crippen molar-refractivity contribution in [1.82, 2.24) is 9.88 Å². The third-order valence-corrected chi connectivity index (χ3v) is 5.71. The molecular formula is C21H22N2O4. The SMILES string of the molecule is O=C(Cc1ccc2c(c1)OCO2)N1C2CCC1CC(Oc1cccnc1)C2. The second-order valence-electron chi connectivity index (χ2n) is 7.45. The maximum Gasteiger partial charge on any atom is 0.231 e. The van der Waals surface area contributed by atoms with Crippen LogP contribution in [0, 0.1) is 0 Å². The molecule has 1 aromatic carbocycles. The number of pyridine rings is 1. The predicted octanol–water partition coefficient (Wildman–Crippen LogP) is 2.95. The summed E-state index contributed by atoms with van der Waals surface area (Å²) in [6, 6.07) is 10.1. The van der Waals surface area contributed by atoms with Gasteiger partial charge in [0, 0.05) is 31.1 Å². The molecule has 0 saturated carbocycles. The van der Waals surface area contributed by atoms with Crippen molar-refractivity contribution in [1.29, 1.82) is 0 Å². The van der Waals surface area contributed by atoms with Crippen LogP contribution in [0.15, 0.2) is 42.7 Å². The van der Waals surface area contributed by atoms with Gasteiger partial charge in [-0.1, -0.05) is 6.07 Å². The molecule has 140 valence electrons. The minimum Gasteiger partial charge on any atom is -0.489 e. The van der Waals surface area contributed by atoms with Crippen LogP contribution in [0.2, 0.25) is 0 Å². The molecular weight excluding hydrogens is 344 g/mol. The summed E-state index contributed by atoms with van der Waals surface area (Å²) in [5, 5.41) is 0. The Balaban J connectivity index is 1.24. The van der Waals surface area contributed by atoms with Crippen molar-refractivity contribution in [3.8, 4) is 17.2 Å². The number of aromatic nitrogens is 1. The molecule has 0 radical (unpaired) electrons. The maximum absolute atomic E-state index is 13.0. The number of rotatable bonds is 4. The fourth-order valence-electron chi connectivity index (χ4n) is 4.56. The molecule has 4 heterocycles. The zero-order valence-electron chi connectivity index (χ0n) is 15.0. The van der Waals surface area contributed by atoms with E-state index in [9.17, 15) is 4.79 Å². The van der Waals surface area contributed by atoms with Gasteiger partial charge in [0.1, 0.15) is 11.9 Å². The highest BCUT2D eigenvalue weighted by atomic mass is 16.7. The summed E-state index contributed by atoms with van der Waals surface area (Å²) in [5.41, 5.74) is 0.970. The molecule has 1 aromatic heterocycles. The van der Waals surface area contributed by atoms with Crippen LogP contribution in [0.1, 0.15) is 31.2 Å². The fourth-order valence-corrected chi connectivity index (χ4v) is 4.56. The highest BCUT2D eigenvalue weighted by Gasteiger charge is 2.43. The highest BCUT2D eigenvalue weighted by molar-refractivity contribution is 5.80. The Hall–Kier alpha value is -2.76. The molecule has 2 bridgehead atoms.